The normalized spacial score (nSPS) is 10.5. The van der Waals surface area contributed by atoms with Gasteiger partial charge in [0.05, 0.1) is 10.0 Å². The summed E-state index contributed by atoms with van der Waals surface area (Å²) < 4.78 is 0. The summed E-state index contributed by atoms with van der Waals surface area (Å²) in [6.07, 6.45) is 0. The third kappa shape index (κ3) is 5.02. The second-order valence-corrected chi connectivity index (χ2v) is 5.72. The molecule has 0 heterocycles. The Morgan fingerprint density at radius 1 is 1.25 bits per heavy atom. The van der Waals surface area contributed by atoms with Gasteiger partial charge in [-0.05, 0) is 24.1 Å². The largest absolute Gasteiger partial charge is 0.354 e. The van der Waals surface area contributed by atoms with Crippen LogP contribution in [0.25, 0.3) is 0 Å². The van der Waals surface area contributed by atoms with Gasteiger partial charge in [-0.1, -0.05) is 37.0 Å². The van der Waals surface area contributed by atoms with E-state index in [1.54, 1.807) is 18.2 Å². The highest BCUT2D eigenvalue weighted by atomic mass is 35.5. The average molecular weight is 317 g/mol. The zero-order chi connectivity index (χ0) is 15.3. The summed E-state index contributed by atoms with van der Waals surface area (Å²) in [4.78, 5) is 24.9. The molecular formula is C14H18Cl2N2O2. The number of rotatable bonds is 5. The number of halogens is 2. The first-order valence-corrected chi connectivity index (χ1v) is 7.06. The van der Waals surface area contributed by atoms with Crippen molar-refractivity contribution in [3.63, 3.8) is 0 Å². The molecule has 0 aliphatic carbocycles. The molecule has 20 heavy (non-hydrogen) atoms. The van der Waals surface area contributed by atoms with E-state index in [1.165, 1.54) is 11.8 Å². The highest BCUT2D eigenvalue weighted by Gasteiger charge is 2.16. The fourth-order valence-corrected chi connectivity index (χ4v) is 1.85. The number of amides is 2. The molecule has 0 aliphatic rings. The number of nitrogens with zero attached hydrogens (tertiary/aromatic N) is 1. The molecule has 0 aromatic heterocycles. The van der Waals surface area contributed by atoms with Crippen molar-refractivity contribution in [3.05, 3.63) is 28.2 Å². The number of nitrogens with one attached hydrogen (secondary N) is 1. The highest BCUT2D eigenvalue weighted by Crippen LogP contribution is 2.27. The summed E-state index contributed by atoms with van der Waals surface area (Å²) in [6.45, 7) is 5.94. The predicted molar refractivity (Wildman–Crippen MR) is 82.3 cm³/mol. The van der Waals surface area contributed by atoms with Gasteiger partial charge in [0.1, 0.15) is 6.54 Å². The zero-order valence-corrected chi connectivity index (χ0v) is 13.3. The summed E-state index contributed by atoms with van der Waals surface area (Å²) in [7, 11) is 0. The Hall–Kier alpha value is -1.26. The van der Waals surface area contributed by atoms with Crippen LogP contribution in [0.1, 0.15) is 20.8 Å². The van der Waals surface area contributed by atoms with E-state index in [4.69, 9.17) is 23.2 Å². The second-order valence-electron chi connectivity index (χ2n) is 4.90. The topological polar surface area (TPSA) is 49.4 Å². The first-order valence-electron chi connectivity index (χ1n) is 6.31. The summed E-state index contributed by atoms with van der Waals surface area (Å²) in [6, 6.07) is 4.83. The first-order chi connectivity index (χ1) is 9.31. The Kier molecular flexibility index (Phi) is 6.30. The molecule has 4 nitrogen and oxygen atoms in total. The second kappa shape index (κ2) is 7.50. The summed E-state index contributed by atoms with van der Waals surface area (Å²) in [5.74, 6) is -0.0854. The van der Waals surface area contributed by atoms with E-state index in [9.17, 15) is 9.59 Å². The predicted octanol–water partition coefficient (Wildman–Crippen LogP) is 3.12. The van der Waals surface area contributed by atoms with E-state index in [1.807, 2.05) is 13.8 Å². The molecule has 0 aliphatic heterocycles. The van der Waals surface area contributed by atoms with Crippen LogP contribution in [0.15, 0.2) is 18.2 Å². The van der Waals surface area contributed by atoms with Gasteiger partial charge in [0.25, 0.3) is 0 Å². The number of hydrogen-bond acceptors (Lipinski definition) is 2. The quantitative estimate of drug-likeness (QED) is 0.907. The molecule has 0 spiro atoms. The van der Waals surface area contributed by atoms with Crippen LogP contribution in [0.2, 0.25) is 10.0 Å². The van der Waals surface area contributed by atoms with Gasteiger partial charge < -0.3 is 10.2 Å². The number of carbonyl (C=O) groups is 2. The van der Waals surface area contributed by atoms with Gasteiger partial charge in [-0.3, -0.25) is 9.59 Å². The van der Waals surface area contributed by atoms with E-state index in [2.05, 4.69) is 5.32 Å². The molecule has 2 amide bonds. The minimum Gasteiger partial charge on any atom is -0.354 e. The SMILES string of the molecule is CC(=O)N(CC(=O)NCC(C)C)c1ccc(Cl)c(Cl)c1. The monoisotopic (exact) mass is 316 g/mol. The van der Waals surface area contributed by atoms with E-state index in [0.717, 1.165) is 0 Å². The first kappa shape index (κ1) is 16.8. The van der Waals surface area contributed by atoms with Crippen LogP contribution < -0.4 is 10.2 Å². The Balaban J connectivity index is 2.81. The standard InChI is InChI=1S/C14H18Cl2N2O2/c1-9(2)7-17-14(20)8-18(10(3)19)11-4-5-12(15)13(16)6-11/h4-6,9H,7-8H2,1-3H3,(H,17,20). The molecule has 0 atom stereocenters. The smallest absolute Gasteiger partial charge is 0.240 e. The maximum absolute atomic E-state index is 11.8. The molecule has 0 bridgehead atoms. The molecule has 110 valence electrons. The van der Waals surface area contributed by atoms with Crippen LogP contribution >= 0.6 is 23.2 Å². The number of hydrogen-bond donors (Lipinski definition) is 1. The average Bonchev–Trinajstić information content (AvgIpc) is 2.36. The molecular weight excluding hydrogens is 299 g/mol. The van der Waals surface area contributed by atoms with Crippen molar-refractivity contribution in [3.8, 4) is 0 Å². The fourth-order valence-electron chi connectivity index (χ4n) is 1.55. The Labute approximate surface area is 129 Å². The minimum absolute atomic E-state index is 0.0417. The zero-order valence-electron chi connectivity index (χ0n) is 11.7. The lowest BCUT2D eigenvalue weighted by atomic mass is 10.2. The Morgan fingerprint density at radius 2 is 1.90 bits per heavy atom. The third-order valence-corrected chi connectivity index (χ3v) is 3.34. The van der Waals surface area contributed by atoms with E-state index >= 15 is 0 Å². The number of carbonyl (C=O) groups excluding carboxylic acids is 2. The van der Waals surface area contributed by atoms with Crippen molar-refractivity contribution >= 4 is 40.7 Å². The molecule has 1 rings (SSSR count). The van der Waals surface area contributed by atoms with Gasteiger partial charge in [0, 0.05) is 19.2 Å². The van der Waals surface area contributed by atoms with Crippen LogP contribution in [-0.2, 0) is 9.59 Å². The van der Waals surface area contributed by atoms with Crippen molar-refractivity contribution in [2.45, 2.75) is 20.8 Å². The molecule has 1 N–H and O–H groups in total. The molecule has 0 fully saturated rings. The summed E-state index contributed by atoms with van der Waals surface area (Å²) in [5.41, 5.74) is 0.548. The van der Waals surface area contributed by atoms with Gasteiger partial charge in [-0.25, -0.2) is 0 Å². The Morgan fingerprint density at radius 3 is 2.40 bits per heavy atom. The molecule has 1 aromatic rings. The third-order valence-electron chi connectivity index (χ3n) is 2.60. The van der Waals surface area contributed by atoms with Crippen molar-refractivity contribution in [1.82, 2.24) is 5.32 Å². The summed E-state index contributed by atoms with van der Waals surface area (Å²) in [5, 5.41) is 3.52. The lowest BCUT2D eigenvalue weighted by molar-refractivity contribution is -0.123. The molecule has 0 saturated carbocycles. The van der Waals surface area contributed by atoms with Crippen molar-refractivity contribution < 1.29 is 9.59 Å². The Bertz CT molecular complexity index is 504. The van der Waals surface area contributed by atoms with Gasteiger partial charge >= 0.3 is 0 Å². The van der Waals surface area contributed by atoms with E-state index < -0.39 is 0 Å². The molecule has 1 aromatic carbocycles. The van der Waals surface area contributed by atoms with Gasteiger partial charge in [0.2, 0.25) is 11.8 Å². The van der Waals surface area contributed by atoms with Crippen LogP contribution in [0.5, 0.6) is 0 Å². The molecule has 0 unspecified atom stereocenters. The van der Waals surface area contributed by atoms with E-state index in [-0.39, 0.29) is 18.4 Å². The van der Waals surface area contributed by atoms with Gasteiger partial charge in [-0.2, -0.15) is 0 Å². The number of benzene rings is 1. The highest BCUT2D eigenvalue weighted by molar-refractivity contribution is 6.42. The molecule has 0 radical (unpaired) electrons. The van der Waals surface area contributed by atoms with Crippen molar-refractivity contribution in [2.24, 2.45) is 5.92 Å². The van der Waals surface area contributed by atoms with E-state index in [0.29, 0.717) is 28.2 Å². The van der Waals surface area contributed by atoms with Crippen LogP contribution in [0.4, 0.5) is 5.69 Å². The van der Waals surface area contributed by atoms with Crippen molar-refractivity contribution in [2.75, 3.05) is 18.0 Å². The molecule has 6 heteroatoms. The fraction of sp³-hybridized carbons (Fsp3) is 0.429. The lowest BCUT2D eigenvalue weighted by Crippen LogP contribution is -2.40. The van der Waals surface area contributed by atoms with Crippen molar-refractivity contribution in [1.29, 1.82) is 0 Å². The molecule has 0 saturated heterocycles. The lowest BCUT2D eigenvalue weighted by Gasteiger charge is -2.21. The summed E-state index contributed by atoms with van der Waals surface area (Å²) >= 11 is 11.8. The van der Waals surface area contributed by atoms with Crippen LogP contribution in [0.3, 0.4) is 0 Å². The van der Waals surface area contributed by atoms with Crippen LogP contribution in [0, 0.1) is 5.92 Å². The maximum Gasteiger partial charge on any atom is 0.240 e. The number of anilines is 1. The van der Waals surface area contributed by atoms with Gasteiger partial charge in [-0.15, -0.1) is 0 Å². The van der Waals surface area contributed by atoms with Gasteiger partial charge in [0.15, 0.2) is 0 Å². The van der Waals surface area contributed by atoms with Crippen LogP contribution in [-0.4, -0.2) is 24.9 Å². The minimum atomic E-state index is -0.233. The maximum atomic E-state index is 11.8.